The van der Waals surface area contributed by atoms with Crippen LogP contribution in [0.15, 0.2) is 15.8 Å². The summed E-state index contributed by atoms with van der Waals surface area (Å²) >= 11 is 0. The first-order chi connectivity index (χ1) is 10.1. The lowest BCUT2D eigenvalue weighted by molar-refractivity contribution is -0.0233. The van der Waals surface area contributed by atoms with Crippen molar-refractivity contribution in [1.29, 1.82) is 0 Å². The molecule has 4 N–H and O–H groups in total. The normalized spacial score (nSPS) is 28.9. The van der Waals surface area contributed by atoms with Crippen molar-refractivity contribution in [2.24, 2.45) is 0 Å². The van der Waals surface area contributed by atoms with Crippen molar-refractivity contribution >= 4 is 9.84 Å². The molecule has 1 saturated heterocycles. The van der Waals surface area contributed by atoms with Gasteiger partial charge in [0.1, 0.15) is 30.3 Å². The monoisotopic (exact) mass is 336 g/mol. The van der Waals surface area contributed by atoms with Crippen LogP contribution in [0.1, 0.15) is 11.7 Å². The molecule has 1 aliphatic rings. The third-order valence-corrected chi connectivity index (χ3v) is 4.01. The number of ether oxygens (including phenoxy) is 1. The van der Waals surface area contributed by atoms with Crippen LogP contribution in [0, 0.1) is 0 Å². The summed E-state index contributed by atoms with van der Waals surface area (Å²) in [4.78, 5) is 25.4. The van der Waals surface area contributed by atoms with E-state index in [1.165, 1.54) is 0 Å². The molecule has 124 valence electrons. The van der Waals surface area contributed by atoms with Crippen LogP contribution in [-0.2, 0) is 20.5 Å². The number of hydrogen-bond donors (Lipinski definition) is 4. The Balaban J connectivity index is 2.46. The molecule has 2 rings (SSSR count). The van der Waals surface area contributed by atoms with E-state index in [1.807, 2.05) is 4.98 Å². The molecule has 0 radical (unpaired) electrons. The molecule has 0 spiro atoms. The van der Waals surface area contributed by atoms with Gasteiger partial charge in [-0.1, -0.05) is 0 Å². The number of aromatic nitrogens is 2. The van der Waals surface area contributed by atoms with Gasteiger partial charge in [0.25, 0.3) is 5.56 Å². The third-order valence-electron chi connectivity index (χ3n) is 3.26. The maximum Gasteiger partial charge on any atom is 0.329 e. The molecule has 11 heteroatoms. The highest BCUT2D eigenvalue weighted by Gasteiger charge is 2.44. The summed E-state index contributed by atoms with van der Waals surface area (Å²) < 4.78 is 28.5. The van der Waals surface area contributed by atoms with E-state index in [-0.39, 0.29) is 5.56 Å². The molecule has 1 aliphatic heterocycles. The zero-order valence-electron chi connectivity index (χ0n) is 11.5. The van der Waals surface area contributed by atoms with E-state index >= 15 is 0 Å². The van der Waals surface area contributed by atoms with Gasteiger partial charge in [-0.05, 0) is 0 Å². The summed E-state index contributed by atoms with van der Waals surface area (Å²) in [7, 11) is -3.54. The van der Waals surface area contributed by atoms with Crippen molar-refractivity contribution in [2.75, 3.05) is 12.9 Å². The second-order valence-electron chi connectivity index (χ2n) is 5.13. The second kappa shape index (κ2) is 5.93. The highest BCUT2D eigenvalue weighted by Crippen LogP contribution is 2.31. The number of nitrogens with zero attached hydrogens (tertiary/aromatic N) is 1. The highest BCUT2D eigenvalue weighted by atomic mass is 32.2. The van der Waals surface area contributed by atoms with E-state index in [9.17, 15) is 28.2 Å². The lowest BCUT2D eigenvalue weighted by Gasteiger charge is -2.15. The molecule has 1 aromatic rings. The maximum atomic E-state index is 11.8. The van der Waals surface area contributed by atoms with Gasteiger partial charge in [-0.15, -0.1) is 0 Å². The van der Waals surface area contributed by atoms with Crippen LogP contribution in [0.4, 0.5) is 0 Å². The first-order valence-electron chi connectivity index (χ1n) is 6.28. The fourth-order valence-corrected chi connectivity index (χ4v) is 2.93. The summed E-state index contributed by atoms with van der Waals surface area (Å²) in [6, 6.07) is 0. The van der Waals surface area contributed by atoms with Crippen LogP contribution < -0.4 is 11.2 Å². The first-order valence-corrected chi connectivity index (χ1v) is 8.34. The quantitative estimate of drug-likeness (QED) is 0.445. The van der Waals surface area contributed by atoms with Crippen molar-refractivity contribution in [3.8, 4) is 0 Å². The minimum absolute atomic E-state index is 0.217. The molecule has 0 aliphatic carbocycles. The van der Waals surface area contributed by atoms with Gasteiger partial charge in [0, 0.05) is 12.5 Å². The molecule has 0 bridgehead atoms. The number of aliphatic hydroxyl groups excluding tert-OH is 3. The number of hydrogen-bond acceptors (Lipinski definition) is 8. The Hall–Kier alpha value is -1.53. The molecule has 0 unspecified atom stereocenters. The predicted octanol–water partition coefficient (Wildman–Crippen LogP) is -3.31. The SMILES string of the molecule is CS(=O)(=O)Cn1cc([C@@H]2O[C@H](CO)[C@@H](O)[C@H]2O)c(=O)[nH]c1=O. The first kappa shape index (κ1) is 16.8. The lowest BCUT2D eigenvalue weighted by atomic mass is 10.0. The molecule has 2 heterocycles. The predicted molar refractivity (Wildman–Crippen MR) is 72.9 cm³/mol. The van der Waals surface area contributed by atoms with Crippen LogP contribution in [0.3, 0.4) is 0 Å². The van der Waals surface area contributed by atoms with E-state index in [1.54, 1.807) is 0 Å². The Morgan fingerprint density at radius 3 is 2.45 bits per heavy atom. The molecule has 22 heavy (non-hydrogen) atoms. The van der Waals surface area contributed by atoms with Crippen LogP contribution in [-0.4, -0.2) is 64.5 Å². The van der Waals surface area contributed by atoms with E-state index in [2.05, 4.69) is 0 Å². The van der Waals surface area contributed by atoms with Crippen molar-refractivity contribution in [3.05, 3.63) is 32.6 Å². The zero-order chi connectivity index (χ0) is 16.7. The average Bonchev–Trinajstić information content (AvgIpc) is 2.68. The van der Waals surface area contributed by atoms with Gasteiger partial charge in [-0.3, -0.25) is 14.3 Å². The van der Waals surface area contributed by atoms with Crippen molar-refractivity contribution in [2.45, 2.75) is 30.3 Å². The van der Waals surface area contributed by atoms with Gasteiger partial charge in [0.15, 0.2) is 9.84 Å². The van der Waals surface area contributed by atoms with Crippen molar-refractivity contribution < 1.29 is 28.5 Å². The number of H-pyrrole nitrogens is 1. The Morgan fingerprint density at radius 1 is 1.32 bits per heavy atom. The smallest absolute Gasteiger partial charge is 0.329 e. The molecule has 10 nitrogen and oxygen atoms in total. The molecule has 1 fully saturated rings. The van der Waals surface area contributed by atoms with Gasteiger partial charge >= 0.3 is 5.69 Å². The second-order valence-corrected chi connectivity index (χ2v) is 7.24. The number of rotatable bonds is 4. The fourth-order valence-electron chi connectivity index (χ4n) is 2.23. The van der Waals surface area contributed by atoms with E-state index in [0.29, 0.717) is 0 Å². The average molecular weight is 336 g/mol. The molecule has 4 atom stereocenters. The summed E-state index contributed by atoms with van der Waals surface area (Å²) in [5, 5.41) is 28.6. The Morgan fingerprint density at radius 2 is 1.95 bits per heavy atom. The van der Waals surface area contributed by atoms with Crippen LogP contribution in [0.2, 0.25) is 0 Å². The Bertz CT molecular complexity index is 767. The third kappa shape index (κ3) is 3.28. The summed E-state index contributed by atoms with van der Waals surface area (Å²) in [6.07, 6.45) is -3.41. The maximum absolute atomic E-state index is 11.8. The topological polar surface area (TPSA) is 159 Å². The molecule has 0 amide bonds. The van der Waals surface area contributed by atoms with Gasteiger partial charge in [-0.25, -0.2) is 13.2 Å². The molecule has 1 aromatic heterocycles. The van der Waals surface area contributed by atoms with Gasteiger partial charge in [-0.2, -0.15) is 0 Å². The highest BCUT2D eigenvalue weighted by molar-refractivity contribution is 7.89. The summed E-state index contributed by atoms with van der Waals surface area (Å²) in [6.45, 7) is -0.574. The summed E-state index contributed by atoms with van der Waals surface area (Å²) in [5.74, 6) is -0.662. The molecule has 0 aromatic carbocycles. The van der Waals surface area contributed by atoms with E-state index in [0.717, 1.165) is 17.0 Å². The van der Waals surface area contributed by atoms with Gasteiger partial charge in [0.05, 0.1) is 12.2 Å². The van der Waals surface area contributed by atoms with Crippen LogP contribution in [0.5, 0.6) is 0 Å². The van der Waals surface area contributed by atoms with E-state index in [4.69, 9.17) is 9.84 Å². The molecular formula is C11H16N2O8S. The minimum Gasteiger partial charge on any atom is -0.394 e. The number of nitrogens with one attached hydrogen (secondary N) is 1. The van der Waals surface area contributed by atoms with Crippen LogP contribution in [0.25, 0.3) is 0 Å². The fraction of sp³-hybridized carbons (Fsp3) is 0.636. The number of aromatic amines is 1. The molecule has 0 saturated carbocycles. The van der Waals surface area contributed by atoms with E-state index < -0.39 is 58.0 Å². The largest absolute Gasteiger partial charge is 0.394 e. The number of aliphatic hydroxyl groups is 3. The standard InChI is InChI=1S/C11H16N2O8S/c1-22(19,20)4-13-2-5(10(17)12-11(13)18)9-8(16)7(15)6(3-14)21-9/h2,6-9,14-16H,3-4H2,1H3,(H,12,17,18)/t6-,7-,8-,9+/m1/s1. The summed E-state index contributed by atoms with van der Waals surface area (Å²) in [5.41, 5.74) is -2.01. The molecular weight excluding hydrogens is 320 g/mol. The Kier molecular flexibility index (Phi) is 4.54. The van der Waals surface area contributed by atoms with Gasteiger partial charge < -0.3 is 20.1 Å². The van der Waals surface area contributed by atoms with Crippen molar-refractivity contribution in [3.63, 3.8) is 0 Å². The Labute approximate surface area is 124 Å². The minimum atomic E-state index is -3.54. The number of sulfone groups is 1. The van der Waals surface area contributed by atoms with Crippen LogP contribution >= 0.6 is 0 Å². The zero-order valence-corrected chi connectivity index (χ0v) is 12.4. The van der Waals surface area contributed by atoms with Crippen molar-refractivity contribution in [1.82, 2.24) is 9.55 Å². The van der Waals surface area contributed by atoms with Gasteiger partial charge in [0.2, 0.25) is 0 Å². The lowest BCUT2D eigenvalue weighted by Crippen LogP contribution is -2.36.